The highest BCUT2D eigenvalue weighted by Gasteiger charge is 2.25. The van der Waals surface area contributed by atoms with Crippen LogP contribution in [0.2, 0.25) is 0 Å². The van der Waals surface area contributed by atoms with Crippen molar-refractivity contribution in [3.63, 3.8) is 0 Å². The Labute approximate surface area is 117 Å². The van der Waals surface area contributed by atoms with E-state index in [1.165, 1.54) is 36.0 Å². The fourth-order valence-corrected chi connectivity index (χ4v) is 2.61. The molecule has 0 unspecified atom stereocenters. The molecule has 2 rings (SSSR count). The van der Waals surface area contributed by atoms with Crippen molar-refractivity contribution in [3.05, 3.63) is 34.9 Å². The topological polar surface area (TPSA) is 32.3 Å². The molecule has 0 bridgehead atoms. The standard InChI is InChI=1S/C17H27NO/c1-16(2,11-18-17(3,4)12-19)15-9-8-13-6-5-7-14(13)10-15/h8-10,18-19H,5-7,11-12H2,1-4H3. The van der Waals surface area contributed by atoms with Crippen LogP contribution in [0.1, 0.15) is 50.8 Å². The molecule has 0 atom stereocenters. The SMILES string of the molecule is CC(C)(CO)NCC(C)(C)c1ccc2c(c1)CCC2. The van der Waals surface area contributed by atoms with Crippen LogP contribution in [0, 0.1) is 0 Å². The number of aryl methyl sites for hydroxylation is 2. The molecule has 0 amide bonds. The maximum atomic E-state index is 9.33. The molecule has 1 aromatic carbocycles. The van der Waals surface area contributed by atoms with Crippen molar-refractivity contribution in [1.29, 1.82) is 0 Å². The number of rotatable bonds is 5. The monoisotopic (exact) mass is 261 g/mol. The zero-order valence-corrected chi connectivity index (χ0v) is 12.7. The van der Waals surface area contributed by atoms with E-state index in [4.69, 9.17) is 0 Å². The smallest absolute Gasteiger partial charge is 0.0607 e. The number of fused-ring (bicyclic) bond motifs is 1. The van der Waals surface area contributed by atoms with Crippen molar-refractivity contribution < 1.29 is 5.11 Å². The summed E-state index contributed by atoms with van der Waals surface area (Å²) in [4.78, 5) is 0. The summed E-state index contributed by atoms with van der Waals surface area (Å²) in [6.07, 6.45) is 3.77. The van der Waals surface area contributed by atoms with Gasteiger partial charge in [-0.15, -0.1) is 0 Å². The molecule has 0 fully saturated rings. The third-order valence-electron chi connectivity index (χ3n) is 4.28. The minimum absolute atomic E-state index is 0.0874. The summed E-state index contributed by atoms with van der Waals surface area (Å²) in [5.74, 6) is 0. The number of aliphatic hydroxyl groups excluding tert-OH is 1. The first-order chi connectivity index (χ1) is 8.84. The molecule has 2 heteroatoms. The molecular formula is C17H27NO. The second-order valence-electron chi connectivity index (χ2n) is 7.12. The van der Waals surface area contributed by atoms with Crippen LogP contribution in [0.15, 0.2) is 18.2 Å². The van der Waals surface area contributed by atoms with E-state index in [0.29, 0.717) is 0 Å². The fourth-order valence-electron chi connectivity index (χ4n) is 2.61. The molecule has 2 N–H and O–H groups in total. The Hall–Kier alpha value is -0.860. The summed E-state index contributed by atoms with van der Waals surface area (Å²) < 4.78 is 0. The molecule has 19 heavy (non-hydrogen) atoms. The lowest BCUT2D eigenvalue weighted by molar-refractivity contribution is 0.181. The summed E-state index contributed by atoms with van der Waals surface area (Å²) in [5, 5.41) is 12.8. The number of nitrogens with one attached hydrogen (secondary N) is 1. The minimum atomic E-state index is -0.214. The van der Waals surface area contributed by atoms with Gasteiger partial charge in [-0.25, -0.2) is 0 Å². The van der Waals surface area contributed by atoms with Gasteiger partial charge in [-0.2, -0.15) is 0 Å². The first-order valence-electron chi connectivity index (χ1n) is 7.32. The third kappa shape index (κ3) is 3.37. The molecule has 0 saturated heterocycles. The number of hydrogen-bond donors (Lipinski definition) is 2. The first kappa shape index (κ1) is 14.5. The van der Waals surface area contributed by atoms with E-state index in [0.717, 1.165) is 6.54 Å². The highest BCUT2D eigenvalue weighted by atomic mass is 16.3. The van der Waals surface area contributed by atoms with Gasteiger partial charge in [0.2, 0.25) is 0 Å². The summed E-state index contributed by atoms with van der Waals surface area (Å²) in [5.41, 5.74) is 4.34. The molecule has 0 spiro atoms. The second-order valence-corrected chi connectivity index (χ2v) is 7.12. The van der Waals surface area contributed by atoms with E-state index >= 15 is 0 Å². The predicted octanol–water partition coefficient (Wildman–Crippen LogP) is 2.81. The zero-order chi connectivity index (χ0) is 14.1. The van der Waals surface area contributed by atoms with E-state index in [1.807, 2.05) is 13.8 Å². The van der Waals surface area contributed by atoms with Gasteiger partial charge >= 0.3 is 0 Å². The van der Waals surface area contributed by atoms with Crippen molar-refractivity contribution in [2.24, 2.45) is 0 Å². The summed E-state index contributed by atoms with van der Waals surface area (Å²) in [7, 11) is 0. The third-order valence-corrected chi connectivity index (χ3v) is 4.28. The molecule has 1 aromatic rings. The molecule has 0 saturated carbocycles. The van der Waals surface area contributed by atoms with E-state index in [-0.39, 0.29) is 17.6 Å². The van der Waals surface area contributed by atoms with E-state index < -0.39 is 0 Å². The van der Waals surface area contributed by atoms with Crippen molar-refractivity contribution in [2.45, 2.75) is 57.9 Å². The van der Waals surface area contributed by atoms with Crippen molar-refractivity contribution in [2.75, 3.05) is 13.2 Å². The lowest BCUT2D eigenvalue weighted by atomic mass is 9.82. The molecule has 1 aliphatic carbocycles. The summed E-state index contributed by atoms with van der Waals surface area (Å²) >= 11 is 0. The Morgan fingerprint density at radius 2 is 1.79 bits per heavy atom. The molecule has 1 aliphatic rings. The Morgan fingerprint density at radius 1 is 1.11 bits per heavy atom. The minimum Gasteiger partial charge on any atom is -0.394 e. The molecule has 0 aromatic heterocycles. The number of benzene rings is 1. The number of aliphatic hydroxyl groups is 1. The van der Waals surface area contributed by atoms with Crippen LogP contribution >= 0.6 is 0 Å². The molecule has 0 aliphatic heterocycles. The summed E-state index contributed by atoms with van der Waals surface area (Å²) in [6.45, 7) is 9.64. The van der Waals surface area contributed by atoms with E-state index in [2.05, 4.69) is 37.4 Å². The van der Waals surface area contributed by atoms with Crippen LogP contribution in [0.25, 0.3) is 0 Å². The number of hydrogen-bond acceptors (Lipinski definition) is 2. The van der Waals surface area contributed by atoms with Crippen LogP contribution in [-0.2, 0) is 18.3 Å². The maximum absolute atomic E-state index is 9.33. The van der Waals surface area contributed by atoms with Gasteiger partial charge in [-0.05, 0) is 49.8 Å². The van der Waals surface area contributed by atoms with Gasteiger partial charge in [-0.1, -0.05) is 32.0 Å². The average molecular weight is 261 g/mol. The average Bonchev–Trinajstić information content (AvgIpc) is 2.84. The van der Waals surface area contributed by atoms with Crippen molar-refractivity contribution in [1.82, 2.24) is 5.32 Å². The highest BCUT2D eigenvalue weighted by Crippen LogP contribution is 2.29. The highest BCUT2D eigenvalue weighted by molar-refractivity contribution is 5.38. The van der Waals surface area contributed by atoms with Gasteiger partial charge in [0.05, 0.1) is 6.61 Å². The van der Waals surface area contributed by atoms with Crippen molar-refractivity contribution >= 4 is 0 Å². The zero-order valence-electron chi connectivity index (χ0n) is 12.7. The largest absolute Gasteiger partial charge is 0.394 e. The lowest BCUT2D eigenvalue weighted by Gasteiger charge is -2.32. The normalized spacial score (nSPS) is 15.6. The van der Waals surface area contributed by atoms with Crippen LogP contribution < -0.4 is 5.32 Å². The van der Waals surface area contributed by atoms with Gasteiger partial charge in [0, 0.05) is 17.5 Å². The van der Waals surface area contributed by atoms with Gasteiger partial charge in [-0.3, -0.25) is 0 Å². The quantitative estimate of drug-likeness (QED) is 0.854. The maximum Gasteiger partial charge on any atom is 0.0607 e. The van der Waals surface area contributed by atoms with Crippen LogP contribution in [-0.4, -0.2) is 23.8 Å². The summed E-state index contributed by atoms with van der Waals surface area (Å²) in [6, 6.07) is 6.96. The van der Waals surface area contributed by atoms with Crippen LogP contribution in [0.4, 0.5) is 0 Å². The van der Waals surface area contributed by atoms with Gasteiger partial charge in [0.15, 0.2) is 0 Å². The Bertz CT molecular complexity index is 449. The van der Waals surface area contributed by atoms with E-state index in [1.54, 1.807) is 0 Å². The Kier molecular flexibility index (Phi) is 4.03. The molecule has 0 radical (unpaired) electrons. The lowest BCUT2D eigenvalue weighted by Crippen LogP contribution is -2.48. The molecule has 0 heterocycles. The van der Waals surface area contributed by atoms with Crippen LogP contribution in [0.3, 0.4) is 0 Å². The molecule has 2 nitrogen and oxygen atoms in total. The fraction of sp³-hybridized carbons (Fsp3) is 0.647. The molecule has 106 valence electrons. The van der Waals surface area contributed by atoms with Crippen molar-refractivity contribution in [3.8, 4) is 0 Å². The Balaban J connectivity index is 2.11. The van der Waals surface area contributed by atoms with Gasteiger partial charge < -0.3 is 10.4 Å². The second kappa shape index (κ2) is 5.26. The molecular weight excluding hydrogens is 234 g/mol. The van der Waals surface area contributed by atoms with Crippen LogP contribution in [0.5, 0.6) is 0 Å². The predicted molar refractivity (Wildman–Crippen MR) is 80.7 cm³/mol. The Morgan fingerprint density at radius 3 is 2.47 bits per heavy atom. The van der Waals surface area contributed by atoms with Gasteiger partial charge in [0.1, 0.15) is 0 Å². The van der Waals surface area contributed by atoms with E-state index in [9.17, 15) is 5.11 Å². The van der Waals surface area contributed by atoms with Gasteiger partial charge in [0.25, 0.3) is 0 Å². The first-order valence-corrected chi connectivity index (χ1v) is 7.32.